The smallest absolute Gasteiger partial charge is 0.255 e. The van der Waals surface area contributed by atoms with E-state index in [1.165, 1.54) is 23.1 Å². The van der Waals surface area contributed by atoms with Gasteiger partial charge in [0.1, 0.15) is 0 Å². The Labute approximate surface area is 172 Å². The fourth-order valence-electron chi connectivity index (χ4n) is 2.55. The molecular formula is C21H21N3O2S2. The van der Waals surface area contributed by atoms with Crippen LogP contribution in [0.15, 0.2) is 58.8 Å². The third kappa shape index (κ3) is 5.21. The van der Waals surface area contributed by atoms with Crippen LogP contribution in [-0.2, 0) is 4.79 Å². The van der Waals surface area contributed by atoms with E-state index in [-0.39, 0.29) is 17.1 Å². The van der Waals surface area contributed by atoms with Crippen molar-refractivity contribution >= 4 is 45.7 Å². The van der Waals surface area contributed by atoms with Gasteiger partial charge in [-0.1, -0.05) is 24.3 Å². The predicted octanol–water partition coefficient (Wildman–Crippen LogP) is 5.13. The average Bonchev–Trinajstić information content (AvgIpc) is 3.07. The van der Waals surface area contributed by atoms with Crippen molar-refractivity contribution in [3.8, 4) is 0 Å². The number of thioether (sulfide) groups is 1. The molecule has 1 aromatic heterocycles. The zero-order valence-corrected chi connectivity index (χ0v) is 17.5. The second-order valence-corrected chi connectivity index (χ2v) is 8.61. The number of carbonyl (C=O) groups is 2. The summed E-state index contributed by atoms with van der Waals surface area (Å²) in [4.78, 5) is 30.0. The van der Waals surface area contributed by atoms with Gasteiger partial charge in [0.15, 0.2) is 5.13 Å². The maximum atomic E-state index is 12.5. The van der Waals surface area contributed by atoms with Crippen molar-refractivity contribution in [3.63, 3.8) is 0 Å². The summed E-state index contributed by atoms with van der Waals surface area (Å²) in [5, 5.41) is 7.96. The van der Waals surface area contributed by atoms with Crippen LogP contribution < -0.4 is 10.6 Å². The third-order valence-electron chi connectivity index (χ3n) is 4.01. The van der Waals surface area contributed by atoms with Crippen molar-refractivity contribution in [1.82, 2.24) is 4.98 Å². The van der Waals surface area contributed by atoms with Gasteiger partial charge in [-0.2, -0.15) is 0 Å². The zero-order valence-electron chi connectivity index (χ0n) is 15.9. The molecule has 28 heavy (non-hydrogen) atoms. The van der Waals surface area contributed by atoms with Crippen molar-refractivity contribution in [3.05, 3.63) is 70.7 Å². The molecule has 0 saturated heterocycles. The Balaban J connectivity index is 1.63. The van der Waals surface area contributed by atoms with Crippen molar-refractivity contribution < 1.29 is 9.59 Å². The van der Waals surface area contributed by atoms with Gasteiger partial charge in [0.2, 0.25) is 5.91 Å². The van der Waals surface area contributed by atoms with Gasteiger partial charge in [-0.05, 0) is 50.6 Å². The Morgan fingerprint density at radius 2 is 1.86 bits per heavy atom. The van der Waals surface area contributed by atoms with Crippen molar-refractivity contribution in [2.75, 3.05) is 10.6 Å². The van der Waals surface area contributed by atoms with Crippen LogP contribution in [0.1, 0.15) is 28.5 Å². The first-order valence-corrected chi connectivity index (χ1v) is 10.5. The van der Waals surface area contributed by atoms with Crippen molar-refractivity contribution in [2.24, 2.45) is 0 Å². The number of nitrogens with zero attached hydrogens (tertiary/aromatic N) is 1. The molecule has 0 spiro atoms. The summed E-state index contributed by atoms with van der Waals surface area (Å²) >= 11 is 2.84. The summed E-state index contributed by atoms with van der Waals surface area (Å²) in [6.45, 7) is 5.64. The molecule has 0 fully saturated rings. The third-order valence-corrected chi connectivity index (χ3v) is 5.98. The number of thiazole rings is 1. The molecule has 7 heteroatoms. The monoisotopic (exact) mass is 411 g/mol. The lowest BCUT2D eigenvalue weighted by Gasteiger charge is -2.12. The Bertz CT molecular complexity index is 1000. The highest BCUT2D eigenvalue weighted by molar-refractivity contribution is 8.00. The maximum Gasteiger partial charge on any atom is 0.255 e. The van der Waals surface area contributed by atoms with E-state index in [4.69, 9.17) is 0 Å². The fourth-order valence-corrected chi connectivity index (χ4v) is 4.17. The first-order chi connectivity index (χ1) is 13.4. The zero-order chi connectivity index (χ0) is 20.1. The molecule has 1 heterocycles. The molecule has 0 aliphatic carbocycles. The summed E-state index contributed by atoms with van der Waals surface area (Å²) in [6.07, 6.45) is 0. The lowest BCUT2D eigenvalue weighted by molar-refractivity contribution is -0.115. The molecule has 0 aliphatic rings. The molecule has 0 bridgehead atoms. The molecule has 144 valence electrons. The molecule has 3 aromatic rings. The number of carbonyl (C=O) groups excluding carboxylic acids is 2. The van der Waals surface area contributed by atoms with Gasteiger partial charge in [-0.3, -0.25) is 9.59 Å². The second-order valence-electron chi connectivity index (χ2n) is 6.34. The van der Waals surface area contributed by atoms with E-state index in [2.05, 4.69) is 15.6 Å². The van der Waals surface area contributed by atoms with E-state index in [1.54, 1.807) is 6.07 Å². The van der Waals surface area contributed by atoms with Crippen LogP contribution in [0.25, 0.3) is 0 Å². The average molecular weight is 412 g/mol. The van der Waals surface area contributed by atoms with Gasteiger partial charge in [0.25, 0.3) is 5.91 Å². The Hall–Kier alpha value is -2.64. The first kappa shape index (κ1) is 20.1. The Morgan fingerprint density at radius 1 is 1.07 bits per heavy atom. The number of hydrogen-bond acceptors (Lipinski definition) is 5. The highest BCUT2D eigenvalue weighted by atomic mass is 32.2. The number of nitrogens with one attached hydrogen (secondary N) is 2. The number of amides is 2. The van der Waals surface area contributed by atoms with Gasteiger partial charge in [-0.25, -0.2) is 4.98 Å². The highest BCUT2D eigenvalue weighted by Crippen LogP contribution is 2.27. The minimum absolute atomic E-state index is 0.103. The summed E-state index contributed by atoms with van der Waals surface area (Å²) in [5.41, 5.74) is 3.15. The minimum Gasteiger partial charge on any atom is -0.322 e. The number of hydrogen-bond donors (Lipinski definition) is 2. The normalized spacial score (nSPS) is 11.7. The fraction of sp³-hybridized carbons (Fsp3) is 0.190. The second kappa shape index (κ2) is 9.03. The van der Waals surface area contributed by atoms with Crippen LogP contribution in [0.5, 0.6) is 0 Å². The van der Waals surface area contributed by atoms with Gasteiger partial charge >= 0.3 is 0 Å². The molecular weight excluding hydrogens is 390 g/mol. The molecule has 5 nitrogen and oxygen atoms in total. The van der Waals surface area contributed by atoms with Crippen molar-refractivity contribution in [2.45, 2.75) is 30.9 Å². The molecule has 0 saturated carbocycles. The largest absolute Gasteiger partial charge is 0.322 e. The quantitative estimate of drug-likeness (QED) is 0.552. The van der Waals surface area contributed by atoms with Crippen LogP contribution in [-0.4, -0.2) is 22.0 Å². The summed E-state index contributed by atoms with van der Waals surface area (Å²) in [5.74, 6) is -0.251. The SMILES string of the molecule is Cc1csc(NC(=O)C(C)Sc2cccc(NC(=O)c3ccccc3C)c2)n1. The van der Waals surface area contributed by atoms with Crippen molar-refractivity contribution in [1.29, 1.82) is 0 Å². The number of anilines is 2. The topological polar surface area (TPSA) is 71.1 Å². The summed E-state index contributed by atoms with van der Waals surface area (Å²) in [6, 6.07) is 15.0. The van der Waals surface area contributed by atoms with Crippen LogP contribution >= 0.6 is 23.1 Å². The van der Waals surface area contributed by atoms with Gasteiger partial charge in [0.05, 0.1) is 10.9 Å². The highest BCUT2D eigenvalue weighted by Gasteiger charge is 2.16. The van der Waals surface area contributed by atoms with Crippen LogP contribution in [0.2, 0.25) is 0 Å². The number of benzene rings is 2. The van der Waals surface area contributed by atoms with E-state index in [0.29, 0.717) is 16.4 Å². The lowest BCUT2D eigenvalue weighted by Crippen LogP contribution is -2.22. The van der Waals surface area contributed by atoms with Crippen LogP contribution in [0.4, 0.5) is 10.8 Å². The van der Waals surface area contributed by atoms with E-state index < -0.39 is 0 Å². The molecule has 3 rings (SSSR count). The maximum absolute atomic E-state index is 12.5. The van der Waals surface area contributed by atoms with E-state index in [1.807, 2.05) is 68.6 Å². The molecule has 1 unspecified atom stereocenters. The number of aromatic nitrogens is 1. The lowest BCUT2D eigenvalue weighted by atomic mass is 10.1. The van der Waals surface area contributed by atoms with Gasteiger partial charge < -0.3 is 10.6 Å². The molecule has 0 aliphatic heterocycles. The summed E-state index contributed by atoms with van der Waals surface area (Å²) < 4.78 is 0. The van der Waals surface area contributed by atoms with Crippen LogP contribution in [0.3, 0.4) is 0 Å². The molecule has 2 aromatic carbocycles. The van der Waals surface area contributed by atoms with E-state index in [9.17, 15) is 9.59 Å². The molecule has 2 amide bonds. The predicted molar refractivity (Wildman–Crippen MR) is 116 cm³/mol. The van der Waals surface area contributed by atoms with Gasteiger partial charge in [0, 0.05) is 21.5 Å². The minimum atomic E-state index is -0.300. The number of rotatable bonds is 6. The molecule has 1 atom stereocenters. The van der Waals surface area contributed by atoms with Gasteiger partial charge in [-0.15, -0.1) is 23.1 Å². The summed E-state index contributed by atoms with van der Waals surface area (Å²) in [7, 11) is 0. The van der Waals surface area contributed by atoms with Crippen LogP contribution in [0, 0.1) is 13.8 Å². The van der Waals surface area contributed by atoms with E-state index >= 15 is 0 Å². The molecule has 0 radical (unpaired) electrons. The standard InChI is InChI=1S/C21H21N3O2S2/c1-13-7-4-5-10-18(13)20(26)23-16-8-6-9-17(11-16)28-15(3)19(25)24-21-22-14(2)12-27-21/h4-12,15H,1-3H3,(H,23,26)(H,22,24,25). The number of aryl methyl sites for hydroxylation is 2. The first-order valence-electron chi connectivity index (χ1n) is 8.79. The Morgan fingerprint density at radius 3 is 2.57 bits per heavy atom. The Kier molecular flexibility index (Phi) is 6.49. The van der Waals surface area contributed by atoms with E-state index in [0.717, 1.165) is 16.2 Å². The molecule has 2 N–H and O–H groups in total.